The number of alkyl halides is 4. The Morgan fingerprint density at radius 2 is 1.36 bits per heavy atom. The summed E-state index contributed by atoms with van der Waals surface area (Å²) in [7, 11) is 6.99. The third-order valence-corrected chi connectivity index (χ3v) is 9.98. The van der Waals surface area contributed by atoms with E-state index >= 15 is 4.39 Å². The van der Waals surface area contributed by atoms with Gasteiger partial charge in [-0.05, 0) is 69.6 Å². The third kappa shape index (κ3) is 15.8. The van der Waals surface area contributed by atoms with E-state index in [1.165, 1.54) is 19.2 Å². The minimum atomic E-state index is -3.49. The predicted molar refractivity (Wildman–Crippen MR) is 233 cm³/mol. The van der Waals surface area contributed by atoms with E-state index < -0.39 is 28.2 Å². The van der Waals surface area contributed by atoms with E-state index in [9.17, 15) is 17.6 Å². The van der Waals surface area contributed by atoms with Crippen LogP contribution in [0.2, 0.25) is 5.02 Å². The van der Waals surface area contributed by atoms with Crippen molar-refractivity contribution < 1.29 is 40.9 Å². The van der Waals surface area contributed by atoms with Gasteiger partial charge in [0.05, 0.1) is 47.6 Å². The van der Waals surface area contributed by atoms with Crippen molar-refractivity contribution in [3.05, 3.63) is 69.2 Å². The number of aromatic amines is 2. The number of methoxy groups -OCH3 is 2. The van der Waals surface area contributed by atoms with Crippen molar-refractivity contribution in [2.24, 2.45) is 11.7 Å². The van der Waals surface area contributed by atoms with Gasteiger partial charge >= 0.3 is 0 Å². The number of benzene rings is 2. The van der Waals surface area contributed by atoms with Crippen molar-refractivity contribution in [3.63, 3.8) is 0 Å². The second-order valence-corrected chi connectivity index (χ2v) is 15.9. The molecule has 0 aliphatic carbocycles. The van der Waals surface area contributed by atoms with Gasteiger partial charge in [-0.3, -0.25) is 10.2 Å². The normalized spacial score (nSPS) is 11.9. The first kappa shape index (κ1) is 53.3. The number of nitrogens with two attached hydrogens (primary N) is 1. The zero-order chi connectivity index (χ0) is 44.6. The molecule has 0 unspecified atom stereocenters. The number of H-pyrrole nitrogens is 2. The van der Waals surface area contributed by atoms with Crippen molar-refractivity contribution in [1.82, 2.24) is 30.2 Å². The molecule has 0 aliphatic heterocycles. The van der Waals surface area contributed by atoms with Gasteiger partial charge in [0.2, 0.25) is 0 Å². The number of halogens is 6. The molecule has 4 N–H and O–H groups in total. The Bertz CT molecular complexity index is 1900. The summed E-state index contributed by atoms with van der Waals surface area (Å²) in [6, 6.07) is 4.41. The van der Waals surface area contributed by atoms with Crippen molar-refractivity contribution in [3.8, 4) is 34.0 Å². The van der Waals surface area contributed by atoms with Crippen LogP contribution in [0.15, 0.2) is 30.6 Å². The molecule has 2 aromatic heterocycles. The first-order valence-electron chi connectivity index (χ1n) is 20.2. The van der Waals surface area contributed by atoms with Gasteiger partial charge in [0.15, 0.2) is 0 Å². The van der Waals surface area contributed by atoms with Crippen LogP contribution >= 0.6 is 11.6 Å². The number of likely N-dealkylation sites (N-methyl/N-ethyl adjacent to an activating group) is 1. The molecule has 2 aromatic carbocycles. The van der Waals surface area contributed by atoms with E-state index in [0.29, 0.717) is 86.9 Å². The highest BCUT2D eigenvalue weighted by Crippen LogP contribution is 2.45. The first-order valence-corrected chi connectivity index (χ1v) is 20.6. The van der Waals surface area contributed by atoms with Gasteiger partial charge in [-0.2, -0.15) is 10.2 Å². The lowest BCUT2D eigenvalue weighted by atomic mass is 9.93. The zero-order valence-corrected chi connectivity index (χ0v) is 37.2. The van der Waals surface area contributed by atoms with E-state index in [1.54, 1.807) is 25.6 Å². The van der Waals surface area contributed by atoms with Gasteiger partial charge in [-0.1, -0.05) is 46.2 Å². The van der Waals surface area contributed by atoms with Gasteiger partial charge in [-0.25, -0.2) is 22.0 Å². The predicted octanol–water partition coefficient (Wildman–Crippen LogP) is 10.1. The average Bonchev–Trinajstić information content (AvgIpc) is 3.83. The summed E-state index contributed by atoms with van der Waals surface area (Å²) in [4.78, 5) is 4.13. The van der Waals surface area contributed by atoms with Crippen LogP contribution in [-0.2, 0) is 40.8 Å². The highest BCUT2D eigenvalue weighted by atomic mass is 35.5. The molecule has 11 nitrogen and oxygen atoms in total. The number of nitrogens with zero attached hydrogens (tertiary/aromatic N) is 4. The summed E-state index contributed by atoms with van der Waals surface area (Å²) in [5, 5.41) is 13.5. The molecule has 0 radical (unpaired) electrons. The van der Waals surface area contributed by atoms with E-state index in [-0.39, 0.29) is 37.5 Å². The van der Waals surface area contributed by atoms with Gasteiger partial charge in [0, 0.05) is 82.1 Å². The molecular formula is C44H67ClF5N7O4. The number of hydrogen-bond acceptors (Lipinski definition) is 9. The lowest BCUT2D eigenvalue weighted by molar-refractivity contribution is 0.0135. The second-order valence-electron chi connectivity index (χ2n) is 15.5. The molecule has 2 heterocycles. The Balaban J connectivity index is 0.000000414. The molecule has 0 saturated carbocycles. The smallest absolute Gasteiger partial charge is 0.274 e. The van der Waals surface area contributed by atoms with E-state index in [2.05, 4.69) is 51.0 Å². The van der Waals surface area contributed by atoms with Crippen LogP contribution in [0.3, 0.4) is 0 Å². The first-order chi connectivity index (χ1) is 28.4. The molecule has 0 spiro atoms. The molecule has 61 heavy (non-hydrogen) atoms. The number of ether oxygens (including phenoxy) is 4. The molecule has 0 aliphatic rings. The fourth-order valence-electron chi connectivity index (χ4n) is 6.39. The lowest BCUT2D eigenvalue weighted by Crippen LogP contribution is -2.25. The number of aromatic nitrogens is 4. The van der Waals surface area contributed by atoms with E-state index in [4.69, 9.17) is 36.3 Å². The van der Waals surface area contributed by atoms with E-state index in [0.717, 1.165) is 43.9 Å². The Morgan fingerprint density at radius 3 is 1.87 bits per heavy atom. The lowest BCUT2D eigenvalue weighted by Gasteiger charge is -2.21. The van der Waals surface area contributed by atoms with Crippen molar-refractivity contribution >= 4 is 11.6 Å². The highest BCUT2D eigenvalue weighted by Gasteiger charge is 2.36. The molecular weight excluding hydrogens is 821 g/mol. The summed E-state index contributed by atoms with van der Waals surface area (Å²) >= 11 is 6.07. The number of unbranched alkanes of at least 4 members (excludes halogenated alkanes) is 1. The highest BCUT2D eigenvalue weighted by molar-refractivity contribution is 6.33. The maximum atomic E-state index is 15.2. The SMILES string of the molecule is C.CCCCN(C)Cc1cn[nH]c1-c1cc(OCCOC)c(Cl)c(C(C)(F)F)c1F.COCCOc1c(CCC(C)C)cc(C(C)(F)F)cc1-c1[nH]ncc1CN(C)CCN. The maximum Gasteiger partial charge on any atom is 0.274 e. The summed E-state index contributed by atoms with van der Waals surface area (Å²) in [5.41, 5.74) is 8.65. The molecule has 4 aromatic rings. The quantitative estimate of drug-likeness (QED) is 0.0466. The molecule has 0 saturated heterocycles. The molecule has 4 rings (SSSR count). The third-order valence-electron chi connectivity index (χ3n) is 9.61. The number of nitrogens with one attached hydrogen (secondary N) is 2. The zero-order valence-electron chi connectivity index (χ0n) is 36.4. The molecule has 0 fully saturated rings. The molecule has 0 atom stereocenters. The number of hydrogen-bond donors (Lipinski definition) is 3. The largest absolute Gasteiger partial charge is 0.490 e. The Hall–Kier alpha value is -3.80. The van der Waals surface area contributed by atoms with Crippen LogP contribution in [0.5, 0.6) is 11.5 Å². The minimum absolute atomic E-state index is 0. The Labute approximate surface area is 363 Å². The van der Waals surface area contributed by atoms with Crippen LogP contribution in [-0.4, -0.2) is 105 Å². The fourth-order valence-corrected chi connectivity index (χ4v) is 6.75. The van der Waals surface area contributed by atoms with Crippen LogP contribution in [0.4, 0.5) is 22.0 Å². The van der Waals surface area contributed by atoms with Crippen molar-refractivity contribution in [1.29, 1.82) is 0 Å². The molecule has 17 heteroatoms. The summed E-state index contributed by atoms with van der Waals surface area (Å²) in [5.74, 6) is -6.54. The standard InChI is InChI=1S/C23H36F2N4O2.C20H27ClF3N3O2.CH4/c1-16(2)6-7-17-12-19(23(3,24)25)13-20(22(17)31-11-10-30-5)21-18(14-27-28-21)15-29(4)9-8-26;1-5-6-7-27(3)12-13-11-25-26-19(13)14-10-15(29-9-8-28-4)17(21)16(18(14)22)20(2,23)24;/h12-14,16H,6-11,15,26H2,1-5H3,(H,27,28);10-11H,5-9,12H2,1-4H3,(H,25,26);1H4. The average molecular weight is 889 g/mol. The molecule has 0 amide bonds. The number of rotatable bonds is 24. The second kappa shape index (κ2) is 25.3. The fraction of sp³-hybridized carbons (Fsp3) is 0.591. The Morgan fingerprint density at radius 1 is 0.803 bits per heavy atom. The Kier molecular flexibility index (Phi) is 22.2. The van der Waals surface area contributed by atoms with Crippen LogP contribution in [0, 0.1) is 11.7 Å². The topological polar surface area (TPSA) is 127 Å². The van der Waals surface area contributed by atoms with E-state index in [1.807, 2.05) is 14.1 Å². The molecule has 0 bridgehead atoms. The van der Waals surface area contributed by atoms with Gasteiger partial charge in [-0.15, -0.1) is 0 Å². The van der Waals surface area contributed by atoms with Crippen LogP contribution < -0.4 is 15.2 Å². The van der Waals surface area contributed by atoms with Gasteiger partial charge < -0.3 is 34.5 Å². The van der Waals surface area contributed by atoms with Gasteiger partial charge in [0.1, 0.15) is 30.5 Å². The minimum Gasteiger partial charge on any atom is -0.490 e. The summed E-state index contributed by atoms with van der Waals surface area (Å²) < 4.78 is 93.9. The van der Waals surface area contributed by atoms with Crippen molar-refractivity contribution in [2.75, 3.05) is 74.4 Å². The van der Waals surface area contributed by atoms with Gasteiger partial charge in [0.25, 0.3) is 11.8 Å². The maximum absolute atomic E-state index is 15.2. The van der Waals surface area contributed by atoms with Crippen molar-refractivity contribution in [2.45, 2.75) is 92.7 Å². The summed E-state index contributed by atoms with van der Waals surface area (Å²) in [6.45, 7) is 12.1. The number of aryl methyl sites for hydroxylation is 1. The molecule has 344 valence electrons. The summed E-state index contributed by atoms with van der Waals surface area (Å²) in [6.07, 6.45) is 6.88. The van der Waals surface area contributed by atoms with Crippen LogP contribution in [0.25, 0.3) is 22.5 Å². The van der Waals surface area contributed by atoms with Crippen LogP contribution in [0.1, 0.15) is 89.1 Å². The monoisotopic (exact) mass is 887 g/mol.